The van der Waals surface area contributed by atoms with E-state index in [-0.39, 0.29) is 30.8 Å². The van der Waals surface area contributed by atoms with E-state index < -0.39 is 11.4 Å². The first kappa shape index (κ1) is 19.8. The molecule has 1 aromatic rings. The van der Waals surface area contributed by atoms with Crippen LogP contribution in [-0.2, 0) is 9.59 Å². The highest BCUT2D eigenvalue weighted by molar-refractivity contribution is 6.31. The zero-order valence-electron chi connectivity index (χ0n) is 14.0. The van der Waals surface area contributed by atoms with Crippen LogP contribution >= 0.6 is 24.0 Å². The Morgan fingerprint density at radius 2 is 2.24 bits per heavy atom. The molecule has 1 heterocycles. The highest BCUT2D eigenvalue weighted by atomic mass is 35.5. The molecule has 2 N–H and O–H groups in total. The molecule has 6 nitrogen and oxygen atoms in total. The van der Waals surface area contributed by atoms with E-state index in [0.29, 0.717) is 36.0 Å². The number of hydrogen-bond donors (Lipinski definition) is 2. The summed E-state index contributed by atoms with van der Waals surface area (Å²) >= 11 is 5.96. The van der Waals surface area contributed by atoms with Crippen molar-refractivity contribution in [2.75, 3.05) is 32.1 Å². The number of nitrogens with zero attached hydrogens (tertiary/aromatic N) is 1. The molecule has 1 saturated carbocycles. The number of ether oxygens (including phenoxy) is 1. The molecule has 1 aliphatic heterocycles. The van der Waals surface area contributed by atoms with Gasteiger partial charge in [0.1, 0.15) is 5.75 Å². The summed E-state index contributed by atoms with van der Waals surface area (Å²) in [6, 6.07) is 5.02. The summed E-state index contributed by atoms with van der Waals surface area (Å²) in [4.78, 5) is 26.0. The van der Waals surface area contributed by atoms with Crippen LogP contribution in [0.2, 0.25) is 5.02 Å². The molecule has 1 aromatic carbocycles. The predicted molar refractivity (Wildman–Crippen MR) is 97.7 cm³/mol. The van der Waals surface area contributed by atoms with Crippen molar-refractivity contribution < 1.29 is 19.4 Å². The van der Waals surface area contributed by atoms with Gasteiger partial charge in [0.25, 0.3) is 0 Å². The molecule has 1 aliphatic carbocycles. The van der Waals surface area contributed by atoms with Crippen LogP contribution in [0, 0.1) is 11.3 Å². The molecule has 25 heavy (non-hydrogen) atoms. The number of amides is 1. The number of carbonyl (C=O) groups is 2. The average Bonchev–Trinajstić information content (AvgIpc) is 3.05. The minimum Gasteiger partial charge on any atom is -0.495 e. The molecule has 138 valence electrons. The molecule has 1 amide bonds. The van der Waals surface area contributed by atoms with E-state index in [4.69, 9.17) is 16.3 Å². The predicted octanol–water partition coefficient (Wildman–Crippen LogP) is 2.90. The number of fused-ring (bicyclic) bond motifs is 1. The van der Waals surface area contributed by atoms with Crippen molar-refractivity contribution in [3.8, 4) is 5.75 Å². The SMILES string of the molecule is COc1ccc(Cl)cc1NC(=O)CN1C[C@@H]2CCC[C@@]2(C(=O)O)C1.Cl. The summed E-state index contributed by atoms with van der Waals surface area (Å²) in [7, 11) is 1.52. The lowest BCUT2D eigenvalue weighted by Crippen LogP contribution is -2.37. The molecule has 0 bridgehead atoms. The molecular formula is C17H22Cl2N2O4. The maximum Gasteiger partial charge on any atom is 0.311 e. The normalized spacial score (nSPS) is 25.1. The molecule has 3 rings (SSSR count). The van der Waals surface area contributed by atoms with Crippen LogP contribution in [0.5, 0.6) is 5.75 Å². The van der Waals surface area contributed by atoms with E-state index in [1.54, 1.807) is 18.2 Å². The van der Waals surface area contributed by atoms with E-state index in [1.807, 2.05) is 4.90 Å². The number of benzene rings is 1. The molecule has 1 saturated heterocycles. The van der Waals surface area contributed by atoms with E-state index in [2.05, 4.69) is 5.32 Å². The number of halogens is 2. The second-order valence-corrected chi connectivity index (χ2v) is 7.05. The van der Waals surface area contributed by atoms with E-state index in [9.17, 15) is 14.7 Å². The fraction of sp³-hybridized carbons (Fsp3) is 0.529. The number of carboxylic acid groups (broad SMARTS) is 1. The number of carbonyl (C=O) groups excluding carboxylic acids is 1. The van der Waals surface area contributed by atoms with Crippen molar-refractivity contribution in [2.24, 2.45) is 11.3 Å². The number of aliphatic carboxylic acids is 1. The average molecular weight is 389 g/mol. The Morgan fingerprint density at radius 3 is 2.88 bits per heavy atom. The Kier molecular flexibility index (Phi) is 6.19. The molecule has 0 radical (unpaired) electrons. The first-order chi connectivity index (χ1) is 11.4. The lowest BCUT2D eigenvalue weighted by atomic mass is 9.81. The van der Waals surface area contributed by atoms with Gasteiger partial charge in [-0.05, 0) is 37.0 Å². The van der Waals surface area contributed by atoms with Gasteiger partial charge in [-0.2, -0.15) is 0 Å². The number of hydrogen-bond acceptors (Lipinski definition) is 4. The third-order valence-corrected chi connectivity index (χ3v) is 5.41. The van der Waals surface area contributed by atoms with Gasteiger partial charge in [-0.25, -0.2) is 0 Å². The second kappa shape index (κ2) is 7.81. The van der Waals surface area contributed by atoms with Gasteiger partial charge in [0.2, 0.25) is 5.91 Å². The summed E-state index contributed by atoms with van der Waals surface area (Å²) < 4.78 is 5.21. The summed E-state index contributed by atoms with van der Waals surface area (Å²) in [5.41, 5.74) is -0.157. The van der Waals surface area contributed by atoms with Crippen molar-refractivity contribution >= 4 is 41.6 Å². The summed E-state index contributed by atoms with van der Waals surface area (Å²) in [6.45, 7) is 1.26. The van der Waals surface area contributed by atoms with E-state index >= 15 is 0 Å². The van der Waals surface area contributed by atoms with Crippen LogP contribution in [0.3, 0.4) is 0 Å². The maximum atomic E-state index is 12.3. The van der Waals surface area contributed by atoms with Crippen molar-refractivity contribution in [3.05, 3.63) is 23.2 Å². The van der Waals surface area contributed by atoms with Crippen LogP contribution in [0.1, 0.15) is 19.3 Å². The third-order valence-electron chi connectivity index (χ3n) is 5.17. The molecule has 0 unspecified atom stereocenters. The van der Waals surface area contributed by atoms with Crippen LogP contribution < -0.4 is 10.1 Å². The minimum atomic E-state index is -0.732. The molecule has 0 spiro atoms. The highest BCUT2D eigenvalue weighted by Crippen LogP contribution is 2.48. The van der Waals surface area contributed by atoms with Crippen molar-refractivity contribution in [2.45, 2.75) is 19.3 Å². The van der Waals surface area contributed by atoms with Gasteiger partial charge in [-0.1, -0.05) is 18.0 Å². The smallest absolute Gasteiger partial charge is 0.311 e. The third kappa shape index (κ3) is 3.86. The molecule has 2 fully saturated rings. The van der Waals surface area contributed by atoms with Gasteiger partial charge < -0.3 is 15.2 Å². The molecule has 0 aromatic heterocycles. The number of likely N-dealkylation sites (tertiary alicyclic amines) is 1. The Morgan fingerprint density at radius 1 is 1.48 bits per heavy atom. The topological polar surface area (TPSA) is 78.9 Å². The van der Waals surface area contributed by atoms with Gasteiger partial charge in [-0.15, -0.1) is 12.4 Å². The lowest BCUT2D eigenvalue weighted by Gasteiger charge is -2.23. The number of nitrogens with one attached hydrogen (secondary N) is 1. The monoisotopic (exact) mass is 388 g/mol. The molecular weight excluding hydrogens is 367 g/mol. The molecule has 8 heteroatoms. The first-order valence-electron chi connectivity index (χ1n) is 8.04. The zero-order valence-corrected chi connectivity index (χ0v) is 15.5. The first-order valence-corrected chi connectivity index (χ1v) is 8.41. The zero-order chi connectivity index (χ0) is 17.3. The van der Waals surface area contributed by atoms with Crippen molar-refractivity contribution in [1.29, 1.82) is 0 Å². The van der Waals surface area contributed by atoms with Crippen molar-refractivity contribution in [3.63, 3.8) is 0 Å². The highest BCUT2D eigenvalue weighted by Gasteiger charge is 2.54. The Hall–Kier alpha value is -1.50. The van der Waals surface area contributed by atoms with E-state index in [0.717, 1.165) is 12.8 Å². The molecule has 2 atom stereocenters. The van der Waals surface area contributed by atoms with E-state index in [1.165, 1.54) is 7.11 Å². The quantitative estimate of drug-likeness (QED) is 0.810. The summed E-state index contributed by atoms with van der Waals surface area (Å²) in [5, 5.41) is 12.9. The van der Waals surface area contributed by atoms with Gasteiger partial charge in [0, 0.05) is 18.1 Å². The second-order valence-electron chi connectivity index (χ2n) is 6.61. The Labute approximate surface area is 157 Å². The van der Waals surface area contributed by atoms with Crippen LogP contribution in [0.4, 0.5) is 5.69 Å². The van der Waals surface area contributed by atoms with Gasteiger partial charge >= 0.3 is 5.97 Å². The molecule has 2 aliphatic rings. The van der Waals surface area contributed by atoms with Crippen molar-refractivity contribution in [1.82, 2.24) is 4.90 Å². The van der Waals surface area contributed by atoms with Gasteiger partial charge in [-0.3, -0.25) is 14.5 Å². The van der Waals surface area contributed by atoms with Gasteiger partial charge in [0.15, 0.2) is 0 Å². The fourth-order valence-corrected chi connectivity index (χ4v) is 4.21. The number of anilines is 1. The van der Waals surface area contributed by atoms with Crippen LogP contribution in [-0.4, -0.2) is 48.6 Å². The lowest BCUT2D eigenvalue weighted by molar-refractivity contribution is -0.149. The Bertz CT molecular complexity index is 670. The maximum absolute atomic E-state index is 12.3. The van der Waals surface area contributed by atoms with Crippen LogP contribution in [0.25, 0.3) is 0 Å². The largest absolute Gasteiger partial charge is 0.495 e. The summed E-state index contributed by atoms with van der Waals surface area (Å²) in [6.07, 6.45) is 2.58. The number of rotatable bonds is 5. The number of carboxylic acids is 1. The fourth-order valence-electron chi connectivity index (χ4n) is 4.03. The standard InChI is InChI=1S/C17H21ClN2O4.ClH/c1-24-14-5-4-12(18)7-13(14)19-15(21)9-20-8-11-3-2-6-17(11,10-20)16(22)23;/h4-5,7,11H,2-3,6,8-10H2,1H3,(H,19,21)(H,22,23);1H/t11-,17+;/m0./s1. The van der Waals surface area contributed by atoms with Gasteiger partial charge in [0.05, 0.1) is 24.8 Å². The minimum absolute atomic E-state index is 0. The van der Waals surface area contributed by atoms with Crippen LogP contribution in [0.15, 0.2) is 18.2 Å². The summed E-state index contributed by atoms with van der Waals surface area (Å²) in [5.74, 6) is -0.253. The number of methoxy groups -OCH3 is 1. The Balaban J connectivity index is 0.00000225.